The van der Waals surface area contributed by atoms with E-state index < -0.39 is 0 Å². The maximum absolute atomic E-state index is 12.9. The Balaban J connectivity index is 1.43. The van der Waals surface area contributed by atoms with Gasteiger partial charge in [0.1, 0.15) is 0 Å². The minimum absolute atomic E-state index is 0.217. The lowest BCUT2D eigenvalue weighted by Crippen LogP contribution is -2.14. The molecule has 4 rings (SSSR count). The molecule has 0 aliphatic heterocycles. The van der Waals surface area contributed by atoms with E-state index in [0.29, 0.717) is 23.7 Å². The third kappa shape index (κ3) is 4.94. The number of rotatable bonds is 8. The number of methoxy groups -OCH3 is 1. The van der Waals surface area contributed by atoms with Crippen LogP contribution in [0.1, 0.15) is 28.5 Å². The summed E-state index contributed by atoms with van der Waals surface area (Å²) in [7, 11) is 1.53. The number of ether oxygens (including phenoxy) is 1. The summed E-state index contributed by atoms with van der Waals surface area (Å²) in [6.45, 7) is 1.97. The molecule has 0 atom stereocenters. The molecule has 0 unspecified atom stereocenters. The molecule has 0 saturated carbocycles. The molecule has 162 valence electrons. The number of thioether (sulfide) groups is 1. The molecule has 0 aliphatic carbocycles. The molecule has 32 heavy (non-hydrogen) atoms. The maximum atomic E-state index is 12.9. The second-order valence-corrected chi connectivity index (χ2v) is 7.88. The Morgan fingerprint density at radius 3 is 2.59 bits per heavy atom. The number of carbonyl (C=O) groups excluding carboxylic acids is 1. The van der Waals surface area contributed by atoms with Gasteiger partial charge in [0.2, 0.25) is 5.88 Å². The van der Waals surface area contributed by atoms with Crippen molar-refractivity contribution in [2.45, 2.75) is 24.0 Å². The first-order valence-corrected chi connectivity index (χ1v) is 11.0. The molecule has 8 nitrogen and oxygen atoms in total. The third-order valence-electron chi connectivity index (χ3n) is 4.74. The Hall–Kier alpha value is -3.72. The van der Waals surface area contributed by atoms with E-state index in [-0.39, 0.29) is 5.91 Å². The fourth-order valence-electron chi connectivity index (χ4n) is 3.12. The Morgan fingerprint density at radius 2 is 1.94 bits per heavy atom. The standard InChI is InChI=1S/C23H22N6O2S/c1-3-20-19(14-25-29(20)21-10-11-22(31-2)28-27-21)23(30)26-17-6-8-18(9-7-17)32-15-16-5-4-12-24-13-16/h4-14H,3,15H2,1-2H3,(H,26,30). The molecule has 3 heterocycles. The summed E-state index contributed by atoms with van der Waals surface area (Å²) in [5.41, 5.74) is 3.14. The van der Waals surface area contributed by atoms with Crippen LogP contribution < -0.4 is 10.1 Å². The van der Waals surface area contributed by atoms with Crippen LogP contribution >= 0.6 is 11.8 Å². The van der Waals surface area contributed by atoms with E-state index in [2.05, 4.69) is 31.7 Å². The van der Waals surface area contributed by atoms with Crippen molar-refractivity contribution in [3.05, 3.63) is 83.9 Å². The molecule has 0 fully saturated rings. The smallest absolute Gasteiger partial charge is 0.259 e. The molecule has 1 amide bonds. The predicted molar refractivity (Wildman–Crippen MR) is 123 cm³/mol. The minimum atomic E-state index is -0.217. The highest BCUT2D eigenvalue weighted by Gasteiger charge is 2.18. The number of anilines is 1. The zero-order valence-corrected chi connectivity index (χ0v) is 18.5. The van der Waals surface area contributed by atoms with Gasteiger partial charge in [-0.1, -0.05) is 13.0 Å². The summed E-state index contributed by atoms with van der Waals surface area (Å²) in [6, 6.07) is 15.2. The van der Waals surface area contributed by atoms with Gasteiger partial charge < -0.3 is 10.1 Å². The van der Waals surface area contributed by atoms with E-state index in [1.807, 2.05) is 43.5 Å². The zero-order valence-electron chi connectivity index (χ0n) is 17.7. The van der Waals surface area contributed by atoms with E-state index in [1.165, 1.54) is 12.7 Å². The summed E-state index contributed by atoms with van der Waals surface area (Å²) in [6.07, 6.45) is 5.80. The number of hydrogen-bond donors (Lipinski definition) is 1. The molecule has 0 radical (unpaired) electrons. The highest BCUT2D eigenvalue weighted by molar-refractivity contribution is 7.98. The SMILES string of the molecule is CCc1c(C(=O)Nc2ccc(SCc3cccnc3)cc2)cnn1-c1ccc(OC)nn1. The fourth-order valence-corrected chi connectivity index (χ4v) is 3.95. The molecule has 0 aliphatic rings. The van der Waals surface area contributed by atoms with Crippen LogP contribution in [0.2, 0.25) is 0 Å². The molecular formula is C23H22N6O2S. The van der Waals surface area contributed by atoms with Crippen molar-refractivity contribution in [3.8, 4) is 11.7 Å². The Labute approximate surface area is 190 Å². The van der Waals surface area contributed by atoms with Crippen molar-refractivity contribution < 1.29 is 9.53 Å². The van der Waals surface area contributed by atoms with Crippen molar-refractivity contribution in [2.75, 3.05) is 12.4 Å². The summed E-state index contributed by atoms with van der Waals surface area (Å²) < 4.78 is 6.67. The molecule has 9 heteroatoms. The van der Waals surface area contributed by atoms with Gasteiger partial charge in [-0.25, -0.2) is 4.68 Å². The third-order valence-corrected chi connectivity index (χ3v) is 5.82. The van der Waals surface area contributed by atoms with Gasteiger partial charge in [0.25, 0.3) is 5.91 Å². The molecule has 0 bridgehead atoms. The van der Waals surface area contributed by atoms with Crippen molar-refractivity contribution in [1.29, 1.82) is 0 Å². The van der Waals surface area contributed by atoms with E-state index in [0.717, 1.165) is 22.0 Å². The minimum Gasteiger partial charge on any atom is -0.480 e. The van der Waals surface area contributed by atoms with E-state index in [9.17, 15) is 4.79 Å². The van der Waals surface area contributed by atoms with E-state index in [4.69, 9.17) is 4.74 Å². The first-order valence-electron chi connectivity index (χ1n) is 10.1. The topological polar surface area (TPSA) is 94.8 Å². The molecule has 0 saturated heterocycles. The van der Waals surface area contributed by atoms with Crippen molar-refractivity contribution in [3.63, 3.8) is 0 Å². The molecule has 4 aromatic rings. The Morgan fingerprint density at radius 1 is 1.09 bits per heavy atom. The highest BCUT2D eigenvalue weighted by atomic mass is 32.2. The van der Waals surface area contributed by atoms with Gasteiger partial charge >= 0.3 is 0 Å². The Kier molecular flexibility index (Phi) is 6.76. The van der Waals surface area contributed by atoms with Crippen LogP contribution in [0.15, 0.2) is 72.0 Å². The van der Waals surface area contributed by atoms with Gasteiger partial charge in [-0.15, -0.1) is 22.0 Å². The van der Waals surface area contributed by atoms with Gasteiger partial charge in [-0.2, -0.15) is 5.10 Å². The van der Waals surface area contributed by atoms with Gasteiger partial charge in [-0.05, 0) is 48.4 Å². The number of nitrogens with one attached hydrogen (secondary N) is 1. The van der Waals surface area contributed by atoms with E-state index in [1.54, 1.807) is 41.0 Å². The lowest BCUT2D eigenvalue weighted by Gasteiger charge is -2.09. The summed E-state index contributed by atoms with van der Waals surface area (Å²) in [4.78, 5) is 18.2. The first kappa shape index (κ1) is 21.5. The van der Waals surface area contributed by atoms with Crippen LogP contribution in [-0.2, 0) is 12.2 Å². The van der Waals surface area contributed by atoms with Gasteiger partial charge in [0.15, 0.2) is 5.82 Å². The number of amides is 1. The van der Waals surface area contributed by atoms with Gasteiger partial charge in [-0.3, -0.25) is 9.78 Å². The summed E-state index contributed by atoms with van der Waals surface area (Å²) in [5, 5.41) is 15.4. The number of pyridine rings is 1. The molecule has 0 spiro atoms. The lowest BCUT2D eigenvalue weighted by atomic mass is 10.2. The average molecular weight is 447 g/mol. The first-order chi connectivity index (χ1) is 15.7. The quantitative estimate of drug-likeness (QED) is 0.406. The second kappa shape index (κ2) is 10.1. The normalized spacial score (nSPS) is 10.7. The van der Waals surface area contributed by atoms with E-state index >= 15 is 0 Å². The molecular weight excluding hydrogens is 424 g/mol. The van der Waals surface area contributed by atoms with Crippen molar-refractivity contribution in [1.82, 2.24) is 25.0 Å². The molecule has 1 aromatic carbocycles. The van der Waals surface area contributed by atoms with Crippen LogP contribution in [0.4, 0.5) is 5.69 Å². The van der Waals surface area contributed by atoms with Crippen LogP contribution in [-0.4, -0.2) is 38.0 Å². The van der Waals surface area contributed by atoms with Gasteiger partial charge in [0.05, 0.1) is 24.6 Å². The monoisotopic (exact) mass is 446 g/mol. The zero-order chi connectivity index (χ0) is 22.3. The van der Waals surface area contributed by atoms with Crippen molar-refractivity contribution in [2.24, 2.45) is 0 Å². The molecule has 3 aromatic heterocycles. The van der Waals surface area contributed by atoms with Crippen molar-refractivity contribution >= 4 is 23.4 Å². The number of nitrogens with zero attached hydrogens (tertiary/aromatic N) is 5. The molecule has 1 N–H and O–H groups in total. The number of benzene rings is 1. The predicted octanol–water partition coefficient (Wildman–Crippen LogP) is 4.17. The van der Waals surface area contributed by atoms with Crippen LogP contribution in [0, 0.1) is 0 Å². The highest BCUT2D eigenvalue weighted by Crippen LogP contribution is 2.24. The van der Waals surface area contributed by atoms with Crippen LogP contribution in [0.5, 0.6) is 5.88 Å². The number of carbonyl (C=O) groups is 1. The maximum Gasteiger partial charge on any atom is 0.259 e. The lowest BCUT2D eigenvalue weighted by molar-refractivity contribution is 0.102. The Bertz CT molecular complexity index is 1180. The second-order valence-electron chi connectivity index (χ2n) is 6.83. The number of hydrogen-bond acceptors (Lipinski definition) is 7. The van der Waals surface area contributed by atoms with Crippen LogP contribution in [0.3, 0.4) is 0 Å². The van der Waals surface area contributed by atoms with Gasteiger partial charge in [0, 0.05) is 34.8 Å². The summed E-state index contributed by atoms with van der Waals surface area (Å²) >= 11 is 1.72. The summed E-state index contributed by atoms with van der Waals surface area (Å²) in [5.74, 6) is 1.56. The average Bonchev–Trinajstić information content (AvgIpc) is 3.28. The largest absolute Gasteiger partial charge is 0.480 e. The number of aromatic nitrogens is 5. The fraction of sp³-hybridized carbons (Fsp3) is 0.174. The van der Waals surface area contributed by atoms with Crippen LogP contribution in [0.25, 0.3) is 5.82 Å².